The van der Waals surface area contributed by atoms with Crippen molar-refractivity contribution in [1.82, 2.24) is 0 Å². The van der Waals surface area contributed by atoms with Crippen molar-refractivity contribution in [1.29, 1.82) is 0 Å². The van der Waals surface area contributed by atoms with E-state index >= 15 is 0 Å². The van der Waals surface area contributed by atoms with Gasteiger partial charge in [-0.25, -0.2) is 9.18 Å². The van der Waals surface area contributed by atoms with Gasteiger partial charge in [-0.15, -0.1) is 0 Å². The molecular weight excluding hydrogens is 233 g/mol. The van der Waals surface area contributed by atoms with Crippen molar-refractivity contribution in [2.24, 2.45) is 5.73 Å². The van der Waals surface area contributed by atoms with Gasteiger partial charge in [-0.05, 0) is 18.6 Å². The lowest BCUT2D eigenvalue weighted by Crippen LogP contribution is -2.31. The van der Waals surface area contributed by atoms with E-state index in [1.54, 1.807) is 31.2 Å². The molecule has 0 saturated carbocycles. The molecule has 0 radical (unpaired) electrons. The monoisotopic (exact) mass is 245 g/mol. The van der Waals surface area contributed by atoms with Gasteiger partial charge in [0.25, 0.3) is 0 Å². The van der Waals surface area contributed by atoms with Crippen LogP contribution in [0.5, 0.6) is 0 Å². The van der Waals surface area contributed by atoms with Gasteiger partial charge >= 0.3 is 5.97 Å². The number of nitrogens with two attached hydrogens (primary N) is 1. The number of benzene rings is 1. The Morgan fingerprint density at radius 3 is 2.75 bits per heavy atom. The molecule has 16 heavy (non-hydrogen) atoms. The topological polar surface area (TPSA) is 52.3 Å². The zero-order valence-electron chi connectivity index (χ0n) is 8.82. The van der Waals surface area contributed by atoms with E-state index in [1.165, 1.54) is 0 Å². The number of hydrogen-bond acceptors (Lipinski definition) is 3. The van der Waals surface area contributed by atoms with E-state index in [4.69, 9.17) is 17.3 Å². The van der Waals surface area contributed by atoms with E-state index < -0.39 is 18.2 Å². The summed E-state index contributed by atoms with van der Waals surface area (Å²) < 4.78 is 18.1. The molecule has 5 heteroatoms. The summed E-state index contributed by atoms with van der Waals surface area (Å²) in [5.74, 6) is -0.963. The van der Waals surface area contributed by atoms with Gasteiger partial charge in [0.1, 0.15) is 0 Å². The average molecular weight is 246 g/mol. The van der Waals surface area contributed by atoms with Gasteiger partial charge in [-0.3, -0.25) is 0 Å². The maximum Gasteiger partial charge on any atom is 0.342 e. The van der Waals surface area contributed by atoms with Gasteiger partial charge in [0, 0.05) is 5.02 Å². The van der Waals surface area contributed by atoms with Gasteiger partial charge in [-0.1, -0.05) is 29.8 Å². The molecular formula is C11H13ClFNO2. The molecule has 2 atom stereocenters. The molecule has 0 heterocycles. The molecule has 0 bridgehead atoms. The lowest BCUT2D eigenvalue weighted by molar-refractivity contribution is -0.149. The van der Waals surface area contributed by atoms with E-state index in [0.29, 0.717) is 10.6 Å². The molecule has 0 aliphatic carbocycles. The maximum atomic E-state index is 13.6. The Bertz CT molecular complexity index is 373. The summed E-state index contributed by atoms with van der Waals surface area (Å²) >= 11 is 5.85. The van der Waals surface area contributed by atoms with E-state index in [9.17, 15) is 9.18 Å². The third-order valence-corrected chi connectivity index (χ3v) is 2.44. The van der Waals surface area contributed by atoms with Crippen molar-refractivity contribution in [3.63, 3.8) is 0 Å². The van der Waals surface area contributed by atoms with Crippen LogP contribution in [-0.4, -0.2) is 18.7 Å². The molecule has 3 nitrogen and oxygen atoms in total. The predicted octanol–water partition coefficient (Wildman–Crippen LogP) is 2.24. The van der Waals surface area contributed by atoms with Gasteiger partial charge < -0.3 is 10.5 Å². The summed E-state index contributed by atoms with van der Waals surface area (Å²) in [5.41, 5.74) is 6.00. The van der Waals surface area contributed by atoms with Crippen molar-refractivity contribution in [3.8, 4) is 0 Å². The van der Waals surface area contributed by atoms with Crippen molar-refractivity contribution >= 4 is 17.6 Å². The summed E-state index contributed by atoms with van der Waals surface area (Å²) in [6.07, 6.45) is -1.90. The van der Waals surface area contributed by atoms with E-state index in [2.05, 4.69) is 4.74 Å². The average Bonchev–Trinajstić information content (AvgIpc) is 2.28. The molecule has 1 unspecified atom stereocenters. The quantitative estimate of drug-likeness (QED) is 0.828. The van der Waals surface area contributed by atoms with Gasteiger partial charge in [-0.2, -0.15) is 0 Å². The Labute approximate surface area is 98.3 Å². The number of carbonyl (C=O) groups is 1. The van der Waals surface area contributed by atoms with Crippen LogP contribution in [0.25, 0.3) is 0 Å². The molecule has 0 saturated heterocycles. The van der Waals surface area contributed by atoms with Crippen LogP contribution < -0.4 is 5.73 Å². The number of rotatable bonds is 4. The lowest BCUT2D eigenvalue weighted by Gasteiger charge is -2.16. The smallest absolute Gasteiger partial charge is 0.342 e. The highest BCUT2D eigenvalue weighted by atomic mass is 35.5. The van der Waals surface area contributed by atoms with Crippen LogP contribution >= 0.6 is 11.6 Å². The van der Waals surface area contributed by atoms with Crippen LogP contribution in [0.3, 0.4) is 0 Å². The van der Waals surface area contributed by atoms with Crippen LogP contribution in [0.4, 0.5) is 4.39 Å². The lowest BCUT2D eigenvalue weighted by atomic mass is 10.0. The van der Waals surface area contributed by atoms with Gasteiger partial charge in [0.15, 0.2) is 0 Å². The minimum atomic E-state index is -1.90. The molecule has 1 aromatic carbocycles. The van der Waals surface area contributed by atoms with Crippen molar-refractivity contribution in [2.75, 3.05) is 6.61 Å². The Kier molecular flexibility index (Phi) is 4.71. The van der Waals surface area contributed by atoms with Gasteiger partial charge in [0.05, 0.1) is 12.6 Å². The predicted molar refractivity (Wildman–Crippen MR) is 59.9 cm³/mol. The minimum absolute atomic E-state index is 0.120. The fourth-order valence-corrected chi connectivity index (χ4v) is 1.53. The molecule has 1 rings (SSSR count). The number of carbonyl (C=O) groups excluding carboxylic acids is 1. The summed E-state index contributed by atoms with van der Waals surface area (Å²) in [7, 11) is 0. The van der Waals surface area contributed by atoms with E-state index in [-0.39, 0.29) is 6.61 Å². The number of alkyl halides is 1. The summed E-state index contributed by atoms with van der Waals surface area (Å²) in [6, 6.07) is 5.45. The number of ether oxygens (including phenoxy) is 1. The zero-order chi connectivity index (χ0) is 12.1. The Morgan fingerprint density at radius 1 is 1.56 bits per heavy atom. The fraction of sp³-hybridized carbons (Fsp3) is 0.364. The van der Waals surface area contributed by atoms with Crippen molar-refractivity contribution in [3.05, 3.63) is 34.9 Å². The molecule has 88 valence electrons. The molecule has 0 fully saturated rings. The van der Waals surface area contributed by atoms with Gasteiger partial charge in [0.2, 0.25) is 6.17 Å². The highest BCUT2D eigenvalue weighted by Crippen LogP contribution is 2.25. The second-order valence-electron chi connectivity index (χ2n) is 3.20. The Morgan fingerprint density at radius 2 is 2.19 bits per heavy atom. The molecule has 2 N–H and O–H groups in total. The Hall–Kier alpha value is -1.13. The first-order valence-corrected chi connectivity index (χ1v) is 5.26. The first-order valence-electron chi connectivity index (χ1n) is 4.88. The summed E-state index contributed by atoms with van der Waals surface area (Å²) in [6.45, 7) is 1.72. The van der Waals surface area contributed by atoms with Crippen LogP contribution in [0.15, 0.2) is 24.3 Å². The van der Waals surface area contributed by atoms with Crippen LogP contribution in [0.2, 0.25) is 5.02 Å². The van der Waals surface area contributed by atoms with Crippen LogP contribution in [0, 0.1) is 0 Å². The third-order valence-electron chi connectivity index (χ3n) is 2.09. The number of halogens is 2. The highest BCUT2D eigenvalue weighted by Gasteiger charge is 2.28. The van der Waals surface area contributed by atoms with Crippen LogP contribution in [-0.2, 0) is 9.53 Å². The number of hydrogen-bond donors (Lipinski definition) is 1. The standard InChI is InChI=1S/C11H13ClFNO2/c1-2-16-11(15)9(13)10(14)7-5-3-4-6-8(7)12/h3-6,9-10H,2,14H2,1H3/t9?,10-/m0/s1. The molecule has 0 aromatic heterocycles. The first kappa shape index (κ1) is 12.9. The molecule has 1 aromatic rings. The normalized spacial score (nSPS) is 14.2. The van der Waals surface area contributed by atoms with E-state index in [1.807, 2.05) is 0 Å². The molecule has 0 aliphatic rings. The molecule has 0 aliphatic heterocycles. The molecule has 0 amide bonds. The SMILES string of the molecule is CCOC(=O)C(F)[C@@H](N)c1ccccc1Cl. The fourth-order valence-electron chi connectivity index (χ4n) is 1.27. The zero-order valence-corrected chi connectivity index (χ0v) is 9.58. The first-order chi connectivity index (χ1) is 7.57. The minimum Gasteiger partial charge on any atom is -0.464 e. The highest BCUT2D eigenvalue weighted by molar-refractivity contribution is 6.31. The third kappa shape index (κ3) is 2.93. The summed E-state index contributed by atoms with van der Waals surface area (Å²) in [5, 5.41) is 0.335. The van der Waals surface area contributed by atoms with E-state index in [0.717, 1.165) is 0 Å². The summed E-state index contributed by atoms with van der Waals surface area (Å²) in [4.78, 5) is 11.1. The molecule has 0 spiro atoms. The maximum absolute atomic E-state index is 13.6. The number of esters is 1. The second kappa shape index (κ2) is 5.82. The Balaban J connectivity index is 2.82. The largest absolute Gasteiger partial charge is 0.464 e. The van der Waals surface area contributed by atoms with Crippen molar-refractivity contribution < 1.29 is 13.9 Å². The van der Waals surface area contributed by atoms with Crippen molar-refractivity contribution in [2.45, 2.75) is 19.1 Å². The second-order valence-corrected chi connectivity index (χ2v) is 3.61. The van der Waals surface area contributed by atoms with Crippen LogP contribution in [0.1, 0.15) is 18.5 Å².